The minimum absolute atomic E-state index is 0.00591. The zero-order valence-electron chi connectivity index (χ0n) is 11.6. The van der Waals surface area contributed by atoms with Crippen molar-refractivity contribution < 1.29 is 19.0 Å². The zero-order chi connectivity index (χ0) is 14.8. The number of nitrogens with one attached hydrogen (secondary N) is 1. The van der Waals surface area contributed by atoms with Crippen molar-refractivity contribution in [3.8, 4) is 0 Å². The van der Waals surface area contributed by atoms with Crippen LogP contribution < -0.4 is 5.32 Å². The van der Waals surface area contributed by atoms with Gasteiger partial charge < -0.3 is 15.2 Å². The van der Waals surface area contributed by atoms with Gasteiger partial charge in [-0.05, 0) is 36.6 Å². The molecule has 0 radical (unpaired) electrons. The average molecular weight is 281 g/mol. The number of amides is 1. The van der Waals surface area contributed by atoms with Crippen molar-refractivity contribution >= 4 is 11.5 Å². The molecule has 4 nitrogen and oxygen atoms in total. The first-order chi connectivity index (χ1) is 9.63. The SMILES string of the molecule is C/C(=C/C(=O)NCCCOCCO)c1ccc(F)cc1. The van der Waals surface area contributed by atoms with Crippen molar-refractivity contribution in [3.63, 3.8) is 0 Å². The first-order valence-corrected chi connectivity index (χ1v) is 6.54. The third-order valence-corrected chi connectivity index (χ3v) is 2.65. The van der Waals surface area contributed by atoms with Crippen LogP contribution >= 0.6 is 0 Å². The van der Waals surface area contributed by atoms with Gasteiger partial charge in [0.2, 0.25) is 5.91 Å². The van der Waals surface area contributed by atoms with Crippen LogP contribution in [0.15, 0.2) is 30.3 Å². The van der Waals surface area contributed by atoms with Gasteiger partial charge in [-0.3, -0.25) is 4.79 Å². The van der Waals surface area contributed by atoms with Crippen molar-refractivity contribution in [2.75, 3.05) is 26.4 Å². The second-order valence-electron chi connectivity index (χ2n) is 4.31. The second kappa shape index (κ2) is 9.23. The number of ether oxygens (including phenoxy) is 1. The Morgan fingerprint density at radius 1 is 1.35 bits per heavy atom. The summed E-state index contributed by atoms with van der Waals surface area (Å²) in [5, 5.41) is 11.2. The van der Waals surface area contributed by atoms with Gasteiger partial charge in [-0.15, -0.1) is 0 Å². The normalized spacial score (nSPS) is 11.4. The van der Waals surface area contributed by atoms with E-state index in [2.05, 4.69) is 5.32 Å². The van der Waals surface area contributed by atoms with Crippen LogP contribution in [0.25, 0.3) is 5.57 Å². The Labute approximate surface area is 118 Å². The molecule has 0 saturated carbocycles. The van der Waals surface area contributed by atoms with E-state index in [9.17, 15) is 9.18 Å². The molecule has 0 bridgehead atoms. The highest BCUT2D eigenvalue weighted by atomic mass is 19.1. The topological polar surface area (TPSA) is 58.6 Å². The number of hydrogen-bond acceptors (Lipinski definition) is 3. The Hall–Kier alpha value is -1.72. The highest BCUT2D eigenvalue weighted by molar-refractivity contribution is 5.94. The van der Waals surface area contributed by atoms with Gasteiger partial charge in [-0.1, -0.05) is 12.1 Å². The quantitative estimate of drug-likeness (QED) is 0.564. The molecule has 0 heterocycles. The average Bonchev–Trinajstić information content (AvgIpc) is 2.43. The molecule has 0 aliphatic carbocycles. The van der Waals surface area contributed by atoms with E-state index in [-0.39, 0.29) is 18.3 Å². The molecule has 1 rings (SSSR count). The molecular formula is C15H20FNO3. The van der Waals surface area contributed by atoms with Crippen molar-refractivity contribution in [1.29, 1.82) is 0 Å². The largest absolute Gasteiger partial charge is 0.394 e. The van der Waals surface area contributed by atoms with Gasteiger partial charge in [-0.25, -0.2) is 4.39 Å². The summed E-state index contributed by atoms with van der Waals surface area (Å²) in [6, 6.07) is 6.00. The molecule has 2 N–H and O–H groups in total. The predicted octanol–water partition coefficient (Wildman–Crippen LogP) is 1.74. The molecule has 110 valence electrons. The van der Waals surface area contributed by atoms with E-state index < -0.39 is 0 Å². The van der Waals surface area contributed by atoms with Gasteiger partial charge in [0, 0.05) is 19.2 Å². The van der Waals surface area contributed by atoms with Crippen molar-refractivity contribution in [2.24, 2.45) is 0 Å². The minimum atomic E-state index is -0.297. The highest BCUT2D eigenvalue weighted by Crippen LogP contribution is 2.13. The summed E-state index contributed by atoms with van der Waals surface area (Å²) in [6.45, 7) is 3.14. The number of rotatable bonds is 8. The molecule has 5 heteroatoms. The van der Waals surface area contributed by atoms with Gasteiger partial charge in [0.1, 0.15) is 5.82 Å². The Balaban J connectivity index is 2.33. The molecule has 1 aromatic carbocycles. The molecule has 0 unspecified atom stereocenters. The van der Waals surface area contributed by atoms with Crippen LogP contribution in [0.3, 0.4) is 0 Å². The van der Waals surface area contributed by atoms with Gasteiger partial charge in [0.05, 0.1) is 13.2 Å². The third kappa shape index (κ3) is 6.45. The Morgan fingerprint density at radius 2 is 2.05 bits per heavy atom. The number of aliphatic hydroxyl groups excluding tert-OH is 1. The molecule has 0 fully saturated rings. The highest BCUT2D eigenvalue weighted by Gasteiger charge is 2.00. The van der Waals surface area contributed by atoms with Crippen molar-refractivity contribution in [2.45, 2.75) is 13.3 Å². The number of hydrogen-bond donors (Lipinski definition) is 2. The number of halogens is 1. The zero-order valence-corrected chi connectivity index (χ0v) is 11.6. The number of benzene rings is 1. The predicted molar refractivity (Wildman–Crippen MR) is 75.6 cm³/mol. The van der Waals surface area contributed by atoms with Gasteiger partial charge in [0.25, 0.3) is 0 Å². The fourth-order valence-electron chi connectivity index (χ4n) is 1.60. The monoisotopic (exact) mass is 281 g/mol. The first-order valence-electron chi connectivity index (χ1n) is 6.54. The van der Waals surface area contributed by atoms with Crippen LogP contribution in [0, 0.1) is 5.82 Å². The summed E-state index contributed by atoms with van der Waals surface area (Å²) in [7, 11) is 0. The van der Waals surface area contributed by atoms with Crippen LogP contribution in [0.4, 0.5) is 4.39 Å². The van der Waals surface area contributed by atoms with Gasteiger partial charge in [0.15, 0.2) is 0 Å². The summed E-state index contributed by atoms with van der Waals surface area (Å²) in [4.78, 5) is 11.6. The Morgan fingerprint density at radius 3 is 2.70 bits per heavy atom. The minimum Gasteiger partial charge on any atom is -0.394 e. The van der Waals surface area contributed by atoms with E-state index in [4.69, 9.17) is 9.84 Å². The summed E-state index contributed by atoms with van der Waals surface area (Å²) in [5.41, 5.74) is 1.59. The Kier molecular flexibility index (Phi) is 7.54. The van der Waals surface area contributed by atoms with E-state index in [1.165, 1.54) is 18.2 Å². The lowest BCUT2D eigenvalue weighted by atomic mass is 10.1. The van der Waals surface area contributed by atoms with E-state index in [0.717, 1.165) is 11.1 Å². The van der Waals surface area contributed by atoms with Crippen LogP contribution in [0.5, 0.6) is 0 Å². The Bertz CT molecular complexity index is 443. The third-order valence-electron chi connectivity index (χ3n) is 2.65. The maximum Gasteiger partial charge on any atom is 0.244 e. The molecule has 0 aliphatic heterocycles. The summed E-state index contributed by atoms with van der Waals surface area (Å²) >= 11 is 0. The van der Waals surface area contributed by atoms with E-state index in [1.54, 1.807) is 19.1 Å². The first kappa shape index (κ1) is 16.3. The lowest BCUT2D eigenvalue weighted by Crippen LogP contribution is -2.23. The molecule has 20 heavy (non-hydrogen) atoms. The summed E-state index contributed by atoms with van der Waals surface area (Å²) in [5.74, 6) is -0.483. The number of aliphatic hydroxyl groups is 1. The maximum atomic E-state index is 12.8. The molecule has 0 aliphatic rings. The summed E-state index contributed by atoms with van der Waals surface area (Å²) < 4.78 is 17.9. The lowest BCUT2D eigenvalue weighted by molar-refractivity contribution is -0.116. The second-order valence-corrected chi connectivity index (χ2v) is 4.31. The fourth-order valence-corrected chi connectivity index (χ4v) is 1.60. The molecule has 0 spiro atoms. The molecule has 1 amide bonds. The van der Waals surface area contributed by atoms with E-state index in [1.807, 2.05) is 0 Å². The number of allylic oxidation sites excluding steroid dienone is 1. The van der Waals surface area contributed by atoms with Gasteiger partial charge >= 0.3 is 0 Å². The van der Waals surface area contributed by atoms with Crippen molar-refractivity contribution in [1.82, 2.24) is 5.32 Å². The smallest absolute Gasteiger partial charge is 0.244 e. The standard InChI is InChI=1S/C15H20FNO3/c1-12(13-3-5-14(16)6-4-13)11-15(19)17-7-2-9-20-10-8-18/h3-6,11,18H,2,7-10H2,1H3,(H,17,19)/b12-11-. The van der Waals surface area contributed by atoms with E-state index in [0.29, 0.717) is 26.2 Å². The molecular weight excluding hydrogens is 261 g/mol. The van der Waals surface area contributed by atoms with Crippen LogP contribution in [0.1, 0.15) is 18.9 Å². The lowest BCUT2D eigenvalue weighted by Gasteiger charge is -2.05. The van der Waals surface area contributed by atoms with Gasteiger partial charge in [-0.2, -0.15) is 0 Å². The van der Waals surface area contributed by atoms with Crippen LogP contribution in [0.2, 0.25) is 0 Å². The fraction of sp³-hybridized carbons (Fsp3) is 0.400. The number of carbonyl (C=O) groups excluding carboxylic acids is 1. The van der Waals surface area contributed by atoms with Crippen molar-refractivity contribution in [3.05, 3.63) is 41.7 Å². The van der Waals surface area contributed by atoms with Crippen LogP contribution in [-0.4, -0.2) is 37.4 Å². The van der Waals surface area contributed by atoms with E-state index >= 15 is 0 Å². The maximum absolute atomic E-state index is 12.8. The summed E-state index contributed by atoms with van der Waals surface area (Å²) in [6.07, 6.45) is 2.18. The molecule has 0 saturated heterocycles. The molecule has 0 atom stereocenters. The number of carbonyl (C=O) groups is 1. The molecule has 1 aromatic rings. The van der Waals surface area contributed by atoms with Crippen LogP contribution in [-0.2, 0) is 9.53 Å². The molecule has 0 aromatic heterocycles.